The number of nitrogens with zero attached hydrogens (tertiary/aromatic N) is 1. The molecule has 0 radical (unpaired) electrons. The number of nitrogens with one attached hydrogen (secondary N) is 1. The van der Waals surface area contributed by atoms with Gasteiger partial charge in [-0.3, -0.25) is 0 Å². The zero-order valence-corrected chi connectivity index (χ0v) is 13.2. The van der Waals surface area contributed by atoms with Crippen LogP contribution in [0, 0.1) is 5.82 Å². The third-order valence-electron chi connectivity index (χ3n) is 3.84. The lowest BCUT2D eigenvalue weighted by Gasteiger charge is -2.12. The maximum Gasteiger partial charge on any atom is 0.356 e. The van der Waals surface area contributed by atoms with Crippen molar-refractivity contribution in [3.8, 4) is 11.5 Å². The Morgan fingerprint density at radius 3 is 2.88 bits per heavy atom. The summed E-state index contributed by atoms with van der Waals surface area (Å²) in [5, 5.41) is 3.72. The smallest absolute Gasteiger partial charge is 0.356 e. The quantitative estimate of drug-likeness (QED) is 0.734. The fourth-order valence-electron chi connectivity index (χ4n) is 2.66. The second kappa shape index (κ2) is 5.94. The summed E-state index contributed by atoms with van der Waals surface area (Å²) in [5.74, 6) is 0.116. The van der Waals surface area contributed by atoms with Gasteiger partial charge in [0, 0.05) is 17.1 Å². The third-order valence-corrected chi connectivity index (χ3v) is 3.84. The number of anilines is 2. The van der Waals surface area contributed by atoms with Crippen molar-refractivity contribution in [2.75, 3.05) is 19.2 Å². The average Bonchev–Trinajstić information content (AvgIpc) is 3.09. The Hall–Kier alpha value is -3.35. The minimum absolute atomic E-state index is 0.0170. The highest BCUT2D eigenvalue weighted by atomic mass is 19.1. The summed E-state index contributed by atoms with van der Waals surface area (Å²) in [4.78, 5) is 15.9. The minimum atomic E-state index is -0.640. The Morgan fingerprint density at radius 1 is 1.20 bits per heavy atom. The molecule has 0 atom stereocenters. The van der Waals surface area contributed by atoms with Gasteiger partial charge in [-0.05, 0) is 24.3 Å². The van der Waals surface area contributed by atoms with Gasteiger partial charge < -0.3 is 19.5 Å². The number of carbonyl (C=O) groups excluding carboxylic acids is 1. The molecule has 1 aliphatic heterocycles. The van der Waals surface area contributed by atoms with Crippen LogP contribution in [-0.2, 0) is 4.74 Å². The number of methoxy groups -OCH3 is 1. The van der Waals surface area contributed by atoms with Crippen LogP contribution in [0.1, 0.15) is 10.5 Å². The molecular formula is C18H13FN2O4. The first-order valence-corrected chi connectivity index (χ1v) is 7.50. The summed E-state index contributed by atoms with van der Waals surface area (Å²) in [5.41, 5.74) is 1.34. The highest BCUT2D eigenvalue weighted by molar-refractivity contribution is 5.99. The predicted molar refractivity (Wildman–Crippen MR) is 88.9 cm³/mol. The van der Waals surface area contributed by atoms with E-state index in [0.717, 1.165) is 0 Å². The second-order valence-corrected chi connectivity index (χ2v) is 5.38. The molecule has 0 fully saturated rings. The Balaban J connectivity index is 1.82. The molecule has 0 saturated heterocycles. The number of hydrogen-bond acceptors (Lipinski definition) is 6. The number of pyridine rings is 1. The minimum Gasteiger partial charge on any atom is -0.464 e. The maximum atomic E-state index is 14.2. The largest absolute Gasteiger partial charge is 0.464 e. The molecule has 7 heteroatoms. The molecule has 0 amide bonds. The number of fused-ring (bicyclic) bond motifs is 2. The van der Waals surface area contributed by atoms with Crippen LogP contribution in [0.3, 0.4) is 0 Å². The van der Waals surface area contributed by atoms with E-state index in [0.29, 0.717) is 28.3 Å². The van der Waals surface area contributed by atoms with Crippen molar-refractivity contribution in [1.82, 2.24) is 4.98 Å². The molecule has 0 unspecified atom stereocenters. The van der Waals surface area contributed by atoms with E-state index in [9.17, 15) is 9.18 Å². The molecule has 1 N–H and O–H groups in total. The molecule has 2 heterocycles. The van der Waals surface area contributed by atoms with E-state index in [-0.39, 0.29) is 18.0 Å². The number of para-hydroxylation sites is 1. The summed E-state index contributed by atoms with van der Waals surface area (Å²) < 4.78 is 29.5. The van der Waals surface area contributed by atoms with Crippen molar-refractivity contribution in [2.45, 2.75) is 0 Å². The standard InChI is InChI=1S/C18H13FN2O4/c1-23-18(22)14-8-13(11-3-2-4-12(19)17(11)21-14)20-10-5-6-15-16(7-10)25-9-24-15/h2-8H,9H2,1H3,(H,20,21). The van der Waals surface area contributed by atoms with Crippen molar-refractivity contribution in [3.63, 3.8) is 0 Å². The average molecular weight is 340 g/mol. The van der Waals surface area contributed by atoms with Crippen LogP contribution in [-0.4, -0.2) is 24.9 Å². The van der Waals surface area contributed by atoms with Gasteiger partial charge in [0.15, 0.2) is 17.2 Å². The molecule has 2 aromatic carbocycles. The zero-order valence-electron chi connectivity index (χ0n) is 13.2. The number of ether oxygens (including phenoxy) is 3. The van der Waals surface area contributed by atoms with E-state index < -0.39 is 11.8 Å². The van der Waals surface area contributed by atoms with Gasteiger partial charge in [-0.1, -0.05) is 12.1 Å². The van der Waals surface area contributed by atoms with Gasteiger partial charge in [0.2, 0.25) is 6.79 Å². The van der Waals surface area contributed by atoms with E-state index >= 15 is 0 Å². The Morgan fingerprint density at radius 2 is 2.04 bits per heavy atom. The van der Waals surface area contributed by atoms with E-state index in [4.69, 9.17) is 14.2 Å². The normalized spacial score (nSPS) is 12.2. The number of hydrogen-bond donors (Lipinski definition) is 1. The van der Waals surface area contributed by atoms with Crippen LogP contribution >= 0.6 is 0 Å². The molecule has 0 saturated carbocycles. The van der Waals surface area contributed by atoms with Crippen LogP contribution in [0.4, 0.5) is 15.8 Å². The van der Waals surface area contributed by atoms with Crippen LogP contribution in [0.15, 0.2) is 42.5 Å². The molecule has 6 nitrogen and oxygen atoms in total. The lowest BCUT2D eigenvalue weighted by molar-refractivity contribution is 0.0594. The molecule has 1 aliphatic rings. The Bertz CT molecular complexity index is 990. The first-order valence-electron chi connectivity index (χ1n) is 7.50. The third kappa shape index (κ3) is 2.69. The van der Waals surface area contributed by atoms with Gasteiger partial charge in [-0.2, -0.15) is 0 Å². The van der Waals surface area contributed by atoms with Crippen LogP contribution < -0.4 is 14.8 Å². The number of halogens is 1. The fourth-order valence-corrected chi connectivity index (χ4v) is 2.66. The number of aromatic nitrogens is 1. The summed E-state index contributed by atoms with van der Waals surface area (Å²) >= 11 is 0. The van der Waals surface area contributed by atoms with Crippen molar-refractivity contribution >= 4 is 28.2 Å². The lowest BCUT2D eigenvalue weighted by Crippen LogP contribution is -2.06. The molecule has 4 rings (SSSR count). The SMILES string of the molecule is COC(=O)c1cc(Nc2ccc3c(c2)OCO3)c2cccc(F)c2n1. The number of rotatable bonds is 3. The topological polar surface area (TPSA) is 69.7 Å². The molecule has 3 aromatic rings. The number of carbonyl (C=O) groups is 1. The summed E-state index contributed by atoms with van der Waals surface area (Å²) in [6, 6.07) is 11.5. The monoisotopic (exact) mass is 340 g/mol. The summed E-state index contributed by atoms with van der Waals surface area (Å²) in [7, 11) is 1.25. The molecule has 126 valence electrons. The van der Waals surface area contributed by atoms with Gasteiger partial charge >= 0.3 is 5.97 Å². The van der Waals surface area contributed by atoms with Gasteiger partial charge in [0.25, 0.3) is 0 Å². The van der Waals surface area contributed by atoms with Crippen LogP contribution in [0.2, 0.25) is 0 Å². The zero-order chi connectivity index (χ0) is 17.4. The van der Waals surface area contributed by atoms with Crippen molar-refractivity contribution in [2.24, 2.45) is 0 Å². The van der Waals surface area contributed by atoms with E-state index in [1.165, 1.54) is 19.2 Å². The fraction of sp³-hybridized carbons (Fsp3) is 0.111. The van der Waals surface area contributed by atoms with Gasteiger partial charge in [-0.25, -0.2) is 14.2 Å². The molecule has 0 spiro atoms. The predicted octanol–water partition coefficient (Wildman–Crippen LogP) is 3.63. The molecular weight excluding hydrogens is 327 g/mol. The lowest BCUT2D eigenvalue weighted by atomic mass is 10.1. The second-order valence-electron chi connectivity index (χ2n) is 5.38. The first kappa shape index (κ1) is 15.2. The molecule has 0 aliphatic carbocycles. The van der Waals surface area contributed by atoms with E-state index in [1.54, 1.807) is 30.3 Å². The number of esters is 1. The van der Waals surface area contributed by atoms with Crippen LogP contribution in [0.5, 0.6) is 11.5 Å². The summed E-state index contributed by atoms with van der Waals surface area (Å²) in [6.07, 6.45) is 0. The molecule has 0 bridgehead atoms. The Kier molecular flexibility index (Phi) is 3.61. The first-order chi connectivity index (χ1) is 12.2. The Labute approximate surface area is 142 Å². The van der Waals surface area contributed by atoms with E-state index in [1.807, 2.05) is 0 Å². The highest BCUT2D eigenvalue weighted by Crippen LogP contribution is 2.36. The highest BCUT2D eigenvalue weighted by Gasteiger charge is 2.17. The van der Waals surface area contributed by atoms with E-state index in [2.05, 4.69) is 10.3 Å². The summed E-state index contributed by atoms with van der Waals surface area (Å²) in [6.45, 7) is 0.175. The van der Waals surface area contributed by atoms with Crippen molar-refractivity contribution in [3.05, 3.63) is 54.0 Å². The van der Waals surface area contributed by atoms with Gasteiger partial charge in [0.05, 0.1) is 12.8 Å². The maximum absolute atomic E-state index is 14.2. The number of benzene rings is 2. The molecule has 1 aromatic heterocycles. The van der Waals surface area contributed by atoms with Crippen LogP contribution in [0.25, 0.3) is 10.9 Å². The van der Waals surface area contributed by atoms with Gasteiger partial charge in [-0.15, -0.1) is 0 Å². The van der Waals surface area contributed by atoms with Crippen molar-refractivity contribution < 1.29 is 23.4 Å². The van der Waals surface area contributed by atoms with Gasteiger partial charge in [0.1, 0.15) is 11.3 Å². The molecule has 25 heavy (non-hydrogen) atoms. The van der Waals surface area contributed by atoms with Crippen molar-refractivity contribution in [1.29, 1.82) is 0 Å².